The van der Waals surface area contributed by atoms with E-state index in [4.69, 9.17) is 0 Å². The Labute approximate surface area is 349 Å². The summed E-state index contributed by atoms with van der Waals surface area (Å²) in [6.45, 7) is 0. The standard InChI is InChI=1S/C56H36N4/c57-37-41-13-23-51(24-14-41)59(53-27-19-43-5-1-3-7-45(43)33-53)55-29-21-47-31-39(11-17-49(47)35-55)9-10-40-12-18-50-36-56(30-22-48(50)32-40)60(52-25-15-42(38-58)16-26-52)54-28-20-44-6-2-4-8-46(44)34-54/h1-36H/b10-9+. The second-order valence-electron chi connectivity index (χ2n) is 15.0. The highest BCUT2D eigenvalue weighted by molar-refractivity contribution is 5.96. The SMILES string of the molecule is N#Cc1ccc(N(c2ccc3ccccc3c2)c2ccc3cc(/C=C/c4ccc5cc(N(c6ccc(C#N)cc6)c6ccc7ccccc7c6)ccc5c4)ccc3c2)cc1. The van der Waals surface area contributed by atoms with E-state index in [2.05, 4.69) is 192 Å². The molecule has 0 spiro atoms. The lowest BCUT2D eigenvalue weighted by molar-refractivity contribution is 1.29. The van der Waals surface area contributed by atoms with Crippen molar-refractivity contribution in [2.75, 3.05) is 9.80 Å². The second kappa shape index (κ2) is 15.5. The zero-order chi connectivity index (χ0) is 40.4. The van der Waals surface area contributed by atoms with E-state index in [-0.39, 0.29) is 0 Å². The van der Waals surface area contributed by atoms with Crippen molar-refractivity contribution < 1.29 is 0 Å². The number of nitrogens with zero attached hydrogens (tertiary/aromatic N) is 4. The topological polar surface area (TPSA) is 54.1 Å². The first-order chi connectivity index (χ1) is 29.6. The van der Waals surface area contributed by atoms with Crippen LogP contribution < -0.4 is 9.80 Å². The van der Waals surface area contributed by atoms with Gasteiger partial charge in [-0.05, 0) is 163 Å². The monoisotopic (exact) mass is 764 g/mol. The quantitative estimate of drug-likeness (QED) is 0.145. The van der Waals surface area contributed by atoms with Crippen LogP contribution in [0.4, 0.5) is 34.1 Å². The Morgan fingerprint density at radius 3 is 0.933 bits per heavy atom. The van der Waals surface area contributed by atoms with Crippen molar-refractivity contribution in [3.63, 3.8) is 0 Å². The van der Waals surface area contributed by atoms with Gasteiger partial charge in [0.15, 0.2) is 0 Å². The summed E-state index contributed by atoms with van der Waals surface area (Å²) in [5.74, 6) is 0. The molecule has 0 radical (unpaired) electrons. The Hall–Kier alpha value is -8.44. The van der Waals surface area contributed by atoms with Gasteiger partial charge in [-0.3, -0.25) is 0 Å². The van der Waals surface area contributed by atoms with Crippen molar-refractivity contribution in [3.8, 4) is 12.1 Å². The summed E-state index contributed by atoms with van der Waals surface area (Å²) in [7, 11) is 0. The van der Waals surface area contributed by atoms with E-state index in [1.165, 1.54) is 21.5 Å². The number of rotatable bonds is 8. The largest absolute Gasteiger partial charge is 0.310 e. The molecule has 60 heavy (non-hydrogen) atoms. The maximum absolute atomic E-state index is 9.46. The first-order valence-corrected chi connectivity index (χ1v) is 19.9. The highest BCUT2D eigenvalue weighted by Gasteiger charge is 2.16. The molecule has 0 unspecified atom stereocenters. The Morgan fingerprint density at radius 2 is 0.567 bits per heavy atom. The number of hydrogen-bond donors (Lipinski definition) is 0. The molecule has 4 nitrogen and oxygen atoms in total. The van der Waals surface area contributed by atoms with Crippen molar-refractivity contribution in [1.29, 1.82) is 10.5 Å². The maximum atomic E-state index is 9.46. The summed E-state index contributed by atoms with van der Waals surface area (Å²) >= 11 is 0. The molecule has 10 aromatic rings. The van der Waals surface area contributed by atoms with Gasteiger partial charge >= 0.3 is 0 Å². The van der Waals surface area contributed by atoms with Gasteiger partial charge in [0, 0.05) is 34.1 Å². The Morgan fingerprint density at radius 1 is 0.283 bits per heavy atom. The normalized spacial score (nSPS) is 11.2. The van der Waals surface area contributed by atoms with Crippen molar-refractivity contribution in [3.05, 3.63) is 229 Å². The van der Waals surface area contributed by atoms with Gasteiger partial charge in [-0.1, -0.05) is 109 Å². The summed E-state index contributed by atoms with van der Waals surface area (Å²) in [5, 5.41) is 28.2. The molecule has 10 rings (SSSR count). The molecule has 280 valence electrons. The fraction of sp³-hybridized carbons (Fsp3) is 0. The van der Waals surface area contributed by atoms with Gasteiger partial charge in [0.2, 0.25) is 0 Å². The van der Waals surface area contributed by atoms with Crippen LogP contribution in [0.15, 0.2) is 206 Å². The van der Waals surface area contributed by atoms with E-state index in [0.717, 1.165) is 66.8 Å². The summed E-state index contributed by atoms with van der Waals surface area (Å²) < 4.78 is 0. The average Bonchev–Trinajstić information content (AvgIpc) is 3.31. The fourth-order valence-electron chi connectivity index (χ4n) is 8.08. The summed E-state index contributed by atoms with van der Waals surface area (Å²) in [6, 6.07) is 76.2. The van der Waals surface area contributed by atoms with Gasteiger partial charge in [0.05, 0.1) is 23.3 Å². The predicted octanol–water partition coefficient (Wildman–Crippen LogP) is 15.2. The van der Waals surface area contributed by atoms with E-state index in [0.29, 0.717) is 11.1 Å². The molecule has 0 aromatic heterocycles. The minimum atomic E-state index is 0.634. The van der Waals surface area contributed by atoms with Crippen LogP contribution in [0.2, 0.25) is 0 Å². The van der Waals surface area contributed by atoms with Crippen LogP contribution in [-0.2, 0) is 0 Å². The molecule has 4 heteroatoms. The van der Waals surface area contributed by atoms with E-state index in [1.54, 1.807) is 0 Å². The lowest BCUT2D eigenvalue weighted by Gasteiger charge is -2.26. The van der Waals surface area contributed by atoms with Crippen LogP contribution in [-0.4, -0.2) is 0 Å². The third-order valence-corrected chi connectivity index (χ3v) is 11.2. The highest BCUT2D eigenvalue weighted by Crippen LogP contribution is 2.39. The van der Waals surface area contributed by atoms with Crippen molar-refractivity contribution >= 4 is 89.4 Å². The van der Waals surface area contributed by atoms with Gasteiger partial charge in [0.25, 0.3) is 0 Å². The Bertz CT molecular complexity index is 3120. The van der Waals surface area contributed by atoms with Crippen LogP contribution in [0.1, 0.15) is 22.3 Å². The van der Waals surface area contributed by atoms with Gasteiger partial charge < -0.3 is 9.80 Å². The molecule has 0 aliphatic rings. The fourth-order valence-corrected chi connectivity index (χ4v) is 8.08. The molecule has 0 amide bonds. The molecule has 0 saturated carbocycles. The van der Waals surface area contributed by atoms with Crippen LogP contribution in [0.5, 0.6) is 0 Å². The highest BCUT2D eigenvalue weighted by atomic mass is 15.1. The molecule has 0 aliphatic carbocycles. The smallest absolute Gasteiger partial charge is 0.0991 e. The van der Waals surface area contributed by atoms with Crippen LogP contribution >= 0.6 is 0 Å². The average molecular weight is 765 g/mol. The maximum Gasteiger partial charge on any atom is 0.0991 e. The van der Waals surface area contributed by atoms with Crippen LogP contribution in [0.25, 0.3) is 55.2 Å². The number of fused-ring (bicyclic) bond motifs is 4. The molecule has 0 heterocycles. The van der Waals surface area contributed by atoms with Crippen LogP contribution in [0, 0.1) is 22.7 Å². The van der Waals surface area contributed by atoms with Crippen LogP contribution in [0.3, 0.4) is 0 Å². The van der Waals surface area contributed by atoms with E-state index >= 15 is 0 Å². The van der Waals surface area contributed by atoms with Gasteiger partial charge in [-0.2, -0.15) is 10.5 Å². The molecular formula is C56H36N4. The predicted molar refractivity (Wildman–Crippen MR) is 251 cm³/mol. The first kappa shape index (κ1) is 35.9. The minimum Gasteiger partial charge on any atom is -0.310 e. The third-order valence-electron chi connectivity index (χ3n) is 11.2. The van der Waals surface area contributed by atoms with Gasteiger partial charge in [0.1, 0.15) is 0 Å². The molecule has 0 N–H and O–H groups in total. The molecule has 0 saturated heterocycles. The Kier molecular flexibility index (Phi) is 9.27. The zero-order valence-corrected chi connectivity index (χ0v) is 32.6. The van der Waals surface area contributed by atoms with Crippen molar-refractivity contribution in [1.82, 2.24) is 0 Å². The Balaban J connectivity index is 0.934. The molecule has 0 aliphatic heterocycles. The first-order valence-electron chi connectivity index (χ1n) is 19.9. The number of nitriles is 2. The molecule has 0 atom stereocenters. The van der Waals surface area contributed by atoms with Gasteiger partial charge in [-0.15, -0.1) is 0 Å². The number of hydrogen-bond acceptors (Lipinski definition) is 4. The zero-order valence-electron chi connectivity index (χ0n) is 32.6. The minimum absolute atomic E-state index is 0.634. The third kappa shape index (κ3) is 7.07. The second-order valence-corrected chi connectivity index (χ2v) is 15.0. The lowest BCUT2D eigenvalue weighted by atomic mass is 10.0. The molecular weight excluding hydrogens is 729 g/mol. The summed E-state index contributed by atoms with van der Waals surface area (Å²) in [6.07, 6.45) is 4.35. The van der Waals surface area contributed by atoms with E-state index in [1.807, 2.05) is 48.5 Å². The molecule has 0 fully saturated rings. The van der Waals surface area contributed by atoms with Crippen molar-refractivity contribution in [2.24, 2.45) is 0 Å². The lowest BCUT2D eigenvalue weighted by Crippen LogP contribution is -2.10. The number of benzene rings is 10. The molecule has 0 bridgehead atoms. The molecule has 10 aromatic carbocycles. The summed E-state index contributed by atoms with van der Waals surface area (Å²) in [4.78, 5) is 4.50. The van der Waals surface area contributed by atoms with Crippen molar-refractivity contribution in [2.45, 2.75) is 0 Å². The number of anilines is 6. The summed E-state index contributed by atoms with van der Waals surface area (Å²) in [5.41, 5.74) is 9.69. The van der Waals surface area contributed by atoms with E-state index in [9.17, 15) is 10.5 Å². The van der Waals surface area contributed by atoms with Gasteiger partial charge in [-0.25, -0.2) is 0 Å². The van der Waals surface area contributed by atoms with E-state index < -0.39 is 0 Å².